The third-order valence-electron chi connectivity index (χ3n) is 6.84. The Morgan fingerprint density at radius 3 is 2.26 bits per heavy atom. The quantitative estimate of drug-likeness (QED) is 0.723. The fourth-order valence-electron chi connectivity index (χ4n) is 5.91. The molecule has 5 heteroatoms. The average molecular weight is 366 g/mol. The second-order valence-electron chi connectivity index (χ2n) is 9.06. The zero-order valence-electron chi connectivity index (χ0n) is 16.0. The van der Waals surface area contributed by atoms with E-state index in [-0.39, 0.29) is 11.4 Å². The molecule has 6 rings (SSSR count). The summed E-state index contributed by atoms with van der Waals surface area (Å²) in [5.41, 5.74) is 1.79. The van der Waals surface area contributed by atoms with Gasteiger partial charge in [0, 0.05) is 5.56 Å². The van der Waals surface area contributed by atoms with Crippen LogP contribution in [0.3, 0.4) is 0 Å². The molecule has 0 aliphatic heterocycles. The highest BCUT2D eigenvalue weighted by Crippen LogP contribution is 2.60. The maximum atomic E-state index is 13.1. The lowest BCUT2D eigenvalue weighted by Gasteiger charge is -2.55. The van der Waals surface area contributed by atoms with Crippen molar-refractivity contribution in [1.82, 2.24) is 10.2 Å². The molecule has 4 aliphatic rings. The van der Waals surface area contributed by atoms with E-state index in [1.165, 1.54) is 24.8 Å². The van der Waals surface area contributed by atoms with Crippen LogP contribution in [-0.4, -0.2) is 16.2 Å². The zero-order valence-corrected chi connectivity index (χ0v) is 16.0. The van der Waals surface area contributed by atoms with Crippen LogP contribution in [0.25, 0.3) is 11.5 Å². The van der Waals surface area contributed by atoms with Gasteiger partial charge in [0.15, 0.2) is 6.10 Å². The third-order valence-corrected chi connectivity index (χ3v) is 6.84. The molecule has 4 bridgehead atoms. The van der Waals surface area contributed by atoms with Crippen LogP contribution in [0.4, 0.5) is 0 Å². The molecule has 4 fully saturated rings. The smallest absolute Gasteiger partial charge is 0.312 e. The van der Waals surface area contributed by atoms with E-state index in [1.807, 2.05) is 38.1 Å². The second-order valence-corrected chi connectivity index (χ2v) is 9.06. The molecule has 27 heavy (non-hydrogen) atoms. The van der Waals surface area contributed by atoms with Gasteiger partial charge in [-0.25, -0.2) is 0 Å². The van der Waals surface area contributed by atoms with Crippen molar-refractivity contribution in [3.63, 3.8) is 0 Å². The van der Waals surface area contributed by atoms with Crippen LogP contribution in [0.2, 0.25) is 0 Å². The summed E-state index contributed by atoms with van der Waals surface area (Å²) in [4.78, 5) is 13.1. The van der Waals surface area contributed by atoms with Crippen molar-refractivity contribution in [2.75, 3.05) is 0 Å². The highest BCUT2D eigenvalue weighted by atomic mass is 16.6. The summed E-state index contributed by atoms with van der Waals surface area (Å²) in [6, 6.07) is 7.93. The first-order chi connectivity index (χ1) is 13.0. The first-order valence-corrected chi connectivity index (χ1v) is 10.1. The molecule has 0 amide bonds. The minimum Gasteiger partial charge on any atom is -0.452 e. The van der Waals surface area contributed by atoms with Gasteiger partial charge in [0.25, 0.3) is 5.89 Å². The highest BCUT2D eigenvalue weighted by Gasteiger charge is 2.55. The number of nitrogens with zero attached hydrogens (tertiary/aromatic N) is 2. The molecule has 1 aromatic carbocycles. The first kappa shape index (κ1) is 17.0. The van der Waals surface area contributed by atoms with Crippen molar-refractivity contribution in [3.8, 4) is 11.5 Å². The van der Waals surface area contributed by atoms with Crippen molar-refractivity contribution in [1.29, 1.82) is 0 Å². The monoisotopic (exact) mass is 366 g/mol. The summed E-state index contributed by atoms with van der Waals surface area (Å²) < 4.78 is 11.6. The van der Waals surface area contributed by atoms with Crippen LogP contribution in [0.15, 0.2) is 28.7 Å². The van der Waals surface area contributed by atoms with E-state index in [4.69, 9.17) is 9.15 Å². The van der Waals surface area contributed by atoms with E-state index in [0.29, 0.717) is 11.8 Å². The molecule has 142 valence electrons. The van der Waals surface area contributed by atoms with Gasteiger partial charge in [0.2, 0.25) is 5.89 Å². The molecule has 0 saturated heterocycles. The van der Waals surface area contributed by atoms with Gasteiger partial charge < -0.3 is 9.15 Å². The summed E-state index contributed by atoms with van der Waals surface area (Å²) in [5, 5.41) is 8.25. The second kappa shape index (κ2) is 6.18. The van der Waals surface area contributed by atoms with Gasteiger partial charge in [0.1, 0.15) is 0 Å². The van der Waals surface area contributed by atoms with Crippen molar-refractivity contribution >= 4 is 5.97 Å². The Bertz CT molecular complexity index is 819. The lowest BCUT2D eigenvalue weighted by atomic mass is 9.49. The molecule has 1 atom stereocenters. The molecule has 0 unspecified atom stereocenters. The minimum atomic E-state index is -0.516. The lowest BCUT2D eigenvalue weighted by Crippen LogP contribution is -2.50. The molecule has 5 nitrogen and oxygen atoms in total. The van der Waals surface area contributed by atoms with Gasteiger partial charge in [0.05, 0.1) is 5.41 Å². The summed E-state index contributed by atoms with van der Waals surface area (Å²) >= 11 is 0. The predicted octanol–water partition coefficient (Wildman–Crippen LogP) is 4.87. The van der Waals surface area contributed by atoms with E-state index in [1.54, 1.807) is 0 Å². The van der Waals surface area contributed by atoms with Crippen LogP contribution in [0.1, 0.15) is 63.0 Å². The summed E-state index contributed by atoms with van der Waals surface area (Å²) in [5.74, 6) is 2.93. The normalized spacial score (nSPS) is 32.4. The number of ether oxygens (including phenoxy) is 1. The maximum absolute atomic E-state index is 13.1. The largest absolute Gasteiger partial charge is 0.452 e. The van der Waals surface area contributed by atoms with Crippen LogP contribution in [0.5, 0.6) is 0 Å². The van der Waals surface area contributed by atoms with Crippen molar-refractivity contribution in [2.24, 2.45) is 23.2 Å². The molecule has 1 aromatic heterocycles. The van der Waals surface area contributed by atoms with Crippen LogP contribution < -0.4 is 0 Å². The SMILES string of the molecule is Cc1ccc(-c2nnc([C@H](C)OC(=O)C34CC5CC(CC(C5)C3)C4)o2)cc1. The van der Waals surface area contributed by atoms with Gasteiger partial charge in [-0.15, -0.1) is 10.2 Å². The van der Waals surface area contributed by atoms with Crippen LogP contribution in [0, 0.1) is 30.1 Å². The third kappa shape index (κ3) is 2.97. The van der Waals surface area contributed by atoms with Crippen LogP contribution >= 0.6 is 0 Å². The fraction of sp³-hybridized carbons (Fsp3) is 0.591. The Hall–Kier alpha value is -2.17. The number of benzene rings is 1. The fourth-order valence-corrected chi connectivity index (χ4v) is 5.91. The zero-order chi connectivity index (χ0) is 18.6. The molecule has 0 spiro atoms. The first-order valence-electron chi connectivity index (χ1n) is 10.1. The molecule has 1 heterocycles. The molecule has 4 aliphatic carbocycles. The summed E-state index contributed by atoms with van der Waals surface area (Å²) in [6.45, 7) is 3.86. The number of hydrogen-bond donors (Lipinski definition) is 0. The Kier molecular flexibility index (Phi) is 3.88. The van der Waals surface area contributed by atoms with Gasteiger partial charge in [-0.05, 0) is 82.3 Å². The topological polar surface area (TPSA) is 65.2 Å². The Labute approximate surface area is 159 Å². The van der Waals surface area contributed by atoms with E-state index < -0.39 is 6.10 Å². The van der Waals surface area contributed by atoms with Crippen molar-refractivity contribution < 1.29 is 13.9 Å². The Balaban J connectivity index is 1.30. The van der Waals surface area contributed by atoms with E-state index >= 15 is 0 Å². The number of rotatable bonds is 4. The van der Waals surface area contributed by atoms with Crippen molar-refractivity contribution in [2.45, 2.75) is 58.5 Å². The molecule has 0 radical (unpaired) electrons. The van der Waals surface area contributed by atoms with Gasteiger partial charge in [-0.1, -0.05) is 17.7 Å². The number of hydrogen-bond acceptors (Lipinski definition) is 5. The molecular weight excluding hydrogens is 340 g/mol. The van der Waals surface area contributed by atoms with Gasteiger partial charge in [-0.2, -0.15) is 0 Å². The lowest BCUT2D eigenvalue weighted by molar-refractivity contribution is -0.177. The van der Waals surface area contributed by atoms with Crippen LogP contribution in [-0.2, 0) is 9.53 Å². The van der Waals surface area contributed by atoms with Gasteiger partial charge >= 0.3 is 5.97 Å². The number of esters is 1. The number of aryl methyl sites for hydroxylation is 1. The number of carbonyl (C=O) groups is 1. The molecular formula is C22H26N2O3. The standard InChI is InChI=1S/C22H26N2O3/c1-13-3-5-18(6-4-13)20-24-23-19(27-20)14(2)26-21(25)22-10-15-7-16(11-22)9-17(8-15)12-22/h3-6,14-17H,7-12H2,1-2H3/t14-,15?,16?,17?,22?/m0/s1. The van der Waals surface area contributed by atoms with E-state index in [2.05, 4.69) is 10.2 Å². The summed E-state index contributed by atoms with van der Waals surface area (Å²) in [6.07, 6.45) is 6.43. The molecule has 2 aromatic rings. The van der Waals surface area contributed by atoms with E-state index in [9.17, 15) is 4.79 Å². The highest BCUT2D eigenvalue weighted by molar-refractivity contribution is 5.77. The molecule has 4 saturated carbocycles. The Morgan fingerprint density at radius 2 is 1.67 bits per heavy atom. The summed E-state index contributed by atoms with van der Waals surface area (Å²) in [7, 11) is 0. The predicted molar refractivity (Wildman–Crippen MR) is 99.6 cm³/mol. The Morgan fingerprint density at radius 1 is 1.07 bits per heavy atom. The van der Waals surface area contributed by atoms with Gasteiger partial charge in [-0.3, -0.25) is 4.79 Å². The number of carbonyl (C=O) groups excluding carboxylic acids is 1. The number of aromatic nitrogens is 2. The molecule has 0 N–H and O–H groups in total. The maximum Gasteiger partial charge on any atom is 0.312 e. The average Bonchev–Trinajstić information content (AvgIpc) is 3.11. The minimum absolute atomic E-state index is 0.0517. The van der Waals surface area contributed by atoms with E-state index in [0.717, 1.165) is 42.6 Å². The van der Waals surface area contributed by atoms with Crippen molar-refractivity contribution in [3.05, 3.63) is 35.7 Å².